The lowest BCUT2D eigenvalue weighted by Crippen LogP contribution is -2.35. The number of likely N-dealkylation sites (tertiary alicyclic amines) is 1. The van der Waals surface area contributed by atoms with Crippen LogP contribution in [0.1, 0.15) is 19.8 Å². The van der Waals surface area contributed by atoms with E-state index in [0.29, 0.717) is 6.54 Å². The molecule has 2 amide bonds. The normalized spacial score (nSPS) is 39.6. The summed E-state index contributed by atoms with van der Waals surface area (Å²) in [4.78, 5) is 26.3. The minimum atomic E-state index is -0.147. The maximum atomic E-state index is 12.5. The van der Waals surface area contributed by atoms with E-state index in [1.807, 2.05) is 13.0 Å². The number of carbonyl (C=O) groups is 2. The number of amides is 2. The van der Waals surface area contributed by atoms with Crippen LogP contribution in [0.25, 0.3) is 0 Å². The summed E-state index contributed by atoms with van der Waals surface area (Å²) in [5.74, 6) is -0.00627. The Balaban J connectivity index is 1.96. The molecule has 0 spiro atoms. The summed E-state index contributed by atoms with van der Waals surface area (Å²) in [6, 6.07) is 0. The molecule has 3 nitrogen and oxygen atoms in total. The van der Waals surface area contributed by atoms with Crippen LogP contribution in [0.2, 0.25) is 0 Å². The Morgan fingerprint density at radius 2 is 2.26 bits per heavy atom. The molecule has 3 heteroatoms. The van der Waals surface area contributed by atoms with Crippen LogP contribution < -0.4 is 0 Å². The van der Waals surface area contributed by atoms with E-state index in [4.69, 9.17) is 0 Å². The van der Waals surface area contributed by atoms with Gasteiger partial charge in [0, 0.05) is 12.0 Å². The van der Waals surface area contributed by atoms with Crippen molar-refractivity contribution in [3.8, 4) is 0 Å². The smallest absolute Gasteiger partial charge is 0.234 e. The number of hydrogen-bond donors (Lipinski definition) is 0. The first-order valence-electron chi connectivity index (χ1n) is 6.91. The van der Waals surface area contributed by atoms with E-state index in [2.05, 4.69) is 24.8 Å². The zero-order valence-corrected chi connectivity index (χ0v) is 11.2. The van der Waals surface area contributed by atoms with Crippen LogP contribution in [-0.4, -0.2) is 23.3 Å². The van der Waals surface area contributed by atoms with Crippen LogP contribution in [0, 0.1) is 23.2 Å². The van der Waals surface area contributed by atoms with Crippen molar-refractivity contribution in [3.63, 3.8) is 0 Å². The maximum absolute atomic E-state index is 12.5. The standard InChI is InChI=1S/C16H19NO2/c1-3-5-7-16-8-6-11(10-16)12-13(16)15(19)17(9-4-2)14(12)18/h3-6,8,11-13H,2,7,9-10H2,1H3. The molecule has 0 radical (unpaired) electrons. The van der Waals surface area contributed by atoms with Crippen LogP contribution in [-0.2, 0) is 9.59 Å². The van der Waals surface area contributed by atoms with Crippen molar-refractivity contribution < 1.29 is 9.59 Å². The molecule has 0 aromatic rings. The second-order valence-corrected chi connectivity index (χ2v) is 5.81. The Labute approximate surface area is 113 Å². The second kappa shape index (κ2) is 4.19. The molecule has 3 rings (SSSR count). The number of nitrogens with zero attached hydrogens (tertiary/aromatic N) is 1. The van der Waals surface area contributed by atoms with Gasteiger partial charge < -0.3 is 0 Å². The summed E-state index contributed by atoms with van der Waals surface area (Å²) in [6.45, 7) is 5.97. The van der Waals surface area contributed by atoms with Crippen molar-refractivity contribution in [2.24, 2.45) is 23.2 Å². The van der Waals surface area contributed by atoms with E-state index in [-0.39, 0.29) is 35.0 Å². The van der Waals surface area contributed by atoms with Gasteiger partial charge in [-0.3, -0.25) is 14.5 Å². The van der Waals surface area contributed by atoms with Crippen LogP contribution in [0.15, 0.2) is 37.0 Å². The first kappa shape index (κ1) is 12.4. The third-order valence-electron chi connectivity index (χ3n) is 4.86. The zero-order chi connectivity index (χ0) is 13.6. The van der Waals surface area contributed by atoms with E-state index in [9.17, 15) is 9.59 Å². The van der Waals surface area contributed by atoms with Crippen molar-refractivity contribution in [2.45, 2.75) is 19.8 Å². The van der Waals surface area contributed by atoms with Crippen LogP contribution in [0.4, 0.5) is 0 Å². The fourth-order valence-corrected chi connectivity index (χ4v) is 4.08. The van der Waals surface area contributed by atoms with Crippen molar-refractivity contribution in [1.82, 2.24) is 4.90 Å². The highest BCUT2D eigenvalue weighted by molar-refractivity contribution is 6.06. The van der Waals surface area contributed by atoms with Gasteiger partial charge in [-0.1, -0.05) is 30.4 Å². The van der Waals surface area contributed by atoms with E-state index >= 15 is 0 Å². The zero-order valence-electron chi connectivity index (χ0n) is 11.2. The maximum Gasteiger partial charge on any atom is 0.234 e. The van der Waals surface area contributed by atoms with Gasteiger partial charge in [0.15, 0.2) is 0 Å². The molecule has 2 bridgehead atoms. The van der Waals surface area contributed by atoms with Crippen LogP contribution in [0.3, 0.4) is 0 Å². The molecule has 1 saturated carbocycles. The Kier molecular flexibility index (Phi) is 2.73. The Morgan fingerprint density at radius 1 is 1.47 bits per heavy atom. The average molecular weight is 257 g/mol. The Hall–Kier alpha value is -1.64. The molecular weight excluding hydrogens is 238 g/mol. The number of fused-ring (bicyclic) bond motifs is 5. The summed E-state index contributed by atoms with van der Waals surface area (Å²) in [6.07, 6.45) is 11.9. The van der Waals surface area contributed by atoms with Gasteiger partial charge in [-0.05, 0) is 25.7 Å². The lowest BCUT2D eigenvalue weighted by atomic mass is 9.72. The van der Waals surface area contributed by atoms with E-state index in [1.165, 1.54) is 4.90 Å². The molecule has 1 saturated heterocycles. The highest BCUT2D eigenvalue weighted by Gasteiger charge is 2.65. The SMILES string of the molecule is C=CCN1C(=O)C2C3C=CC(CC=CC)(C3)C2C1=O. The Bertz CT molecular complexity index is 505. The van der Waals surface area contributed by atoms with E-state index in [0.717, 1.165) is 12.8 Å². The molecule has 4 unspecified atom stereocenters. The van der Waals surface area contributed by atoms with Crippen molar-refractivity contribution in [3.05, 3.63) is 37.0 Å². The van der Waals surface area contributed by atoms with Gasteiger partial charge in [-0.15, -0.1) is 6.58 Å². The molecule has 0 aromatic heterocycles. The third-order valence-corrected chi connectivity index (χ3v) is 4.86. The molecule has 0 N–H and O–H groups in total. The summed E-state index contributed by atoms with van der Waals surface area (Å²) >= 11 is 0. The number of rotatable bonds is 4. The summed E-state index contributed by atoms with van der Waals surface area (Å²) in [5.41, 5.74) is -0.121. The summed E-state index contributed by atoms with van der Waals surface area (Å²) in [7, 11) is 0. The molecule has 100 valence electrons. The molecule has 3 aliphatic rings. The molecule has 1 aliphatic heterocycles. The van der Waals surface area contributed by atoms with Crippen molar-refractivity contribution in [1.29, 1.82) is 0 Å². The van der Waals surface area contributed by atoms with Gasteiger partial charge in [0.1, 0.15) is 0 Å². The second-order valence-electron chi connectivity index (χ2n) is 5.81. The molecule has 1 heterocycles. The van der Waals surface area contributed by atoms with E-state index < -0.39 is 0 Å². The fourth-order valence-electron chi connectivity index (χ4n) is 4.08. The molecule has 2 aliphatic carbocycles. The number of carbonyl (C=O) groups excluding carboxylic acids is 2. The minimum absolute atomic E-state index is 0.00579. The van der Waals surface area contributed by atoms with Gasteiger partial charge in [0.25, 0.3) is 0 Å². The molecule has 19 heavy (non-hydrogen) atoms. The quantitative estimate of drug-likeness (QED) is 0.572. The number of allylic oxidation sites excluding steroid dienone is 4. The minimum Gasteiger partial charge on any atom is -0.278 e. The first-order chi connectivity index (χ1) is 9.14. The predicted molar refractivity (Wildman–Crippen MR) is 73.0 cm³/mol. The first-order valence-corrected chi connectivity index (χ1v) is 6.91. The van der Waals surface area contributed by atoms with Gasteiger partial charge in [0.2, 0.25) is 11.8 Å². The lowest BCUT2D eigenvalue weighted by molar-refractivity contribution is -0.140. The number of hydrogen-bond acceptors (Lipinski definition) is 2. The molecule has 4 atom stereocenters. The molecule has 0 aromatic carbocycles. The average Bonchev–Trinajstić information content (AvgIpc) is 3.03. The fraction of sp³-hybridized carbons (Fsp3) is 0.500. The van der Waals surface area contributed by atoms with Gasteiger partial charge in [-0.25, -0.2) is 0 Å². The van der Waals surface area contributed by atoms with Gasteiger partial charge >= 0.3 is 0 Å². The lowest BCUT2D eigenvalue weighted by Gasteiger charge is -2.29. The topological polar surface area (TPSA) is 37.4 Å². The molecule has 2 fully saturated rings. The van der Waals surface area contributed by atoms with E-state index in [1.54, 1.807) is 6.08 Å². The van der Waals surface area contributed by atoms with Crippen LogP contribution >= 0.6 is 0 Å². The highest BCUT2D eigenvalue weighted by Crippen LogP contribution is 2.61. The summed E-state index contributed by atoms with van der Waals surface area (Å²) < 4.78 is 0. The Morgan fingerprint density at radius 3 is 2.95 bits per heavy atom. The predicted octanol–water partition coefficient (Wildman–Crippen LogP) is 2.32. The third kappa shape index (κ3) is 1.50. The van der Waals surface area contributed by atoms with Gasteiger partial charge in [0.05, 0.1) is 11.8 Å². The van der Waals surface area contributed by atoms with Crippen molar-refractivity contribution in [2.75, 3.05) is 6.54 Å². The largest absolute Gasteiger partial charge is 0.278 e. The van der Waals surface area contributed by atoms with Crippen molar-refractivity contribution >= 4 is 11.8 Å². The van der Waals surface area contributed by atoms with Crippen LogP contribution in [0.5, 0.6) is 0 Å². The van der Waals surface area contributed by atoms with Gasteiger partial charge in [-0.2, -0.15) is 0 Å². The monoisotopic (exact) mass is 257 g/mol. The highest BCUT2D eigenvalue weighted by atomic mass is 16.2. The summed E-state index contributed by atoms with van der Waals surface area (Å²) in [5, 5.41) is 0. The number of imide groups is 1. The molecular formula is C16H19NO2.